The minimum Gasteiger partial charge on any atom is -0.396 e. The second-order valence-electron chi connectivity index (χ2n) is 10.1. The van der Waals surface area contributed by atoms with Crippen molar-refractivity contribution in [3.63, 3.8) is 0 Å². The number of anilines is 2. The van der Waals surface area contributed by atoms with Crippen molar-refractivity contribution in [1.82, 2.24) is 9.80 Å². The number of rotatable bonds is 7. The summed E-state index contributed by atoms with van der Waals surface area (Å²) in [4.78, 5) is 49.1. The first-order chi connectivity index (χ1) is 17.9. The van der Waals surface area contributed by atoms with Crippen LogP contribution in [0, 0.1) is 11.8 Å². The maximum atomic E-state index is 14.3. The lowest BCUT2D eigenvalue weighted by molar-refractivity contribution is -0.142. The Balaban J connectivity index is 1.54. The number of carbonyl (C=O) groups excluding carboxylic acids is 3. The molecule has 0 radical (unpaired) electrons. The Hall–Kier alpha value is -2.78. The second-order valence-corrected chi connectivity index (χ2v) is 11.6. The van der Waals surface area contributed by atoms with Gasteiger partial charge in [-0.3, -0.25) is 14.4 Å². The highest BCUT2D eigenvalue weighted by Gasteiger charge is 2.70. The van der Waals surface area contributed by atoms with Gasteiger partial charge in [0, 0.05) is 63.0 Å². The number of hydrogen-bond acceptors (Lipinski definition) is 6. The number of aliphatic hydroxyl groups is 1. The van der Waals surface area contributed by atoms with E-state index in [2.05, 4.69) is 18.7 Å². The van der Waals surface area contributed by atoms with Gasteiger partial charge in [0.05, 0.1) is 16.6 Å². The molecule has 5 rings (SSSR count). The third-order valence-corrected chi connectivity index (χ3v) is 9.95. The molecule has 0 bridgehead atoms. The van der Waals surface area contributed by atoms with E-state index < -0.39 is 22.6 Å². The maximum absolute atomic E-state index is 14.3. The van der Waals surface area contributed by atoms with Crippen LogP contribution in [-0.4, -0.2) is 95.0 Å². The fourth-order valence-corrected chi connectivity index (χ4v) is 8.42. The quantitative estimate of drug-likeness (QED) is 0.551. The van der Waals surface area contributed by atoms with Gasteiger partial charge in [-0.2, -0.15) is 0 Å². The monoisotopic (exact) mass is 524 g/mol. The third-order valence-electron chi connectivity index (χ3n) is 8.21. The summed E-state index contributed by atoms with van der Waals surface area (Å²) in [5.41, 5.74) is 1.89. The molecule has 5 atom stereocenters. The average molecular weight is 525 g/mol. The van der Waals surface area contributed by atoms with Gasteiger partial charge in [0.15, 0.2) is 0 Å². The minimum atomic E-state index is -0.826. The second kappa shape index (κ2) is 10.2. The number of aliphatic hydroxyl groups excluding tert-OH is 1. The molecule has 2 fully saturated rings. The highest BCUT2D eigenvalue weighted by molar-refractivity contribution is 8.02. The van der Waals surface area contributed by atoms with Crippen LogP contribution in [0.3, 0.4) is 0 Å². The first-order valence-corrected chi connectivity index (χ1v) is 14.1. The van der Waals surface area contributed by atoms with Gasteiger partial charge in [-0.1, -0.05) is 24.3 Å². The molecule has 1 unspecified atom stereocenters. The Labute approximate surface area is 222 Å². The predicted molar refractivity (Wildman–Crippen MR) is 147 cm³/mol. The number of nitrogens with zero attached hydrogens (tertiary/aromatic N) is 4. The smallest absolute Gasteiger partial charge is 0.251 e. The Bertz CT molecular complexity index is 1120. The molecule has 1 spiro atoms. The highest BCUT2D eigenvalue weighted by atomic mass is 32.2. The molecule has 0 aliphatic carbocycles. The van der Waals surface area contributed by atoms with E-state index in [9.17, 15) is 19.5 Å². The van der Waals surface area contributed by atoms with Gasteiger partial charge in [0.25, 0.3) is 5.91 Å². The number of amides is 3. The Kier molecular flexibility index (Phi) is 7.11. The van der Waals surface area contributed by atoms with Crippen molar-refractivity contribution in [1.29, 1.82) is 0 Å². The van der Waals surface area contributed by atoms with Crippen molar-refractivity contribution in [2.45, 2.75) is 36.3 Å². The van der Waals surface area contributed by atoms with Crippen LogP contribution in [-0.2, 0) is 14.4 Å². The lowest BCUT2D eigenvalue weighted by Crippen LogP contribution is -2.53. The van der Waals surface area contributed by atoms with Crippen LogP contribution in [0.1, 0.15) is 20.3 Å². The molecule has 4 heterocycles. The normalized spacial score (nSPS) is 30.8. The summed E-state index contributed by atoms with van der Waals surface area (Å²) in [6.07, 6.45) is 8.43. The van der Waals surface area contributed by atoms with Gasteiger partial charge in [-0.25, -0.2) is 0 Å². The lowest BCUT2D eigenvalue weighted by Gasteiger charge is -2.35. The molecule has 1 N–H and O–H groups in total. The van der Waals surface area contributed by atoms with Crippen LogP contribution in [0.4, 0.5) is 11.4 Å². The molecule has 2 saturated heterocycles. The van der Waals surface area contributed by atoms with Gasteiger partial charge in [-0.05, 0) is 44.5 Å². The van der Waals surface area contributed by atoms with Crippen molar-refractivity contribution >= 4 is 40.9 Å². The van der Waals surface area contributed by atoms with Crippen LogP contribution >= 0.6 is 11.8 Å². The molecule has 8 nitrogen and oxygen atoms in total. The number of benzene rings is 1. The molecule has 198 valence electrons. The summed E-state index contributed by atoms with van der Waals surface area (Å²) in [5.74, 6) is -1.47. The van der Waals surface area contributed by atoms with E-state index in [0.29, 0.717) is 19.5 Å². The van der Waals surface area contributed by atoms with E-state index in [0.717, 1.165) is 24.5 Å². The Morgan fingerprint density at radius 2 is 1.76 bits per heavy atom. The average Bonchev–Trinajstić information content (AvgIpc) is 3.22. The largest absolute Gasteiger partial charge is 0.396 e. The molecule has 1 aromatic rings. The fourth-order valence-electron chi connectivity index (χ4n) is 6.41. The SMILES string of the molecule is CCN(CC)c1ccc(N2CC=C[C@]34S[C@@H]5C=CCN(C)C(=O)[C@@H]5[C@H]3C(=O)N(CCCO)C4C2=O)cc1. The number of carbonyl (C=O) groups is 3. The number of likely N-dealkylation sites (N-methyl/N-ethyl adjacent to an activating group) is 1. The molecule has 0 aromatic heterocycles. The standard InChI is InChI=1S/C28H36N4O4S/c1-4-30(5-2)19-10-12-20(13-11-19)31-16-7-14-28-23(22-21(37-28)9-6-15-29(3)25(22)34)26(35)32(17-8-18-33)24(28)27(31)36/h6-7,9-14,21-24,33H,4-5,8,15-18H2,1-3H3/t21-,22+,23+,24?,28+/m1/s1. The molecular weight excluding hydrogens is 488 g/mol. The summed E-state index contributed by atoms with van der Waals surface area (Å²) < 4.78 is -0.826. The van der Waals surface area contributed by atoms with Crippen molar-refractivity contribution in [2.24, 2.45) is 11.8 Å². The zero-order valence-corrected chi connectivity index (χ0v) is 22.6. The summed E-state index contributed by atoms with van der Waals surface area (Å²) in [5, 5.41) is 9.39. The van der Waals surface area contributed by atoms with Crippen molar-refractivity contribution in [2.75, 3.05) is 56.2 Å². The molecule has 37 heavy (non-hydrogen) atoms. The number of hydrogen-bond donors (Lipinski definition) is 1. The topological polar surface area (TPSA) is 84.4 Å². The van der Waals surface area contributed by atoms with Crippen molar-refractivity contribution in [3.05, 3.63) is 48.6 Å². The molecule has 4 aliphatic rings. The van der Waals surface area contributed by atoms with Gasteiger partial charge in [0.1, 0.15) is 6.04 Å². The zero-order chi connectivity index (χ0) is 26.3. The molecule has 9 heteroatoms. The number of fused-ring (bicyclic) bond motifs is 2. The Morgan fingerprint density at radius 1 is 1.03 bits per heavy atom. The number of likely N-dealkylation sites (tertiary alicyclic amines) is 1. The van der Waals surface area contributed by atoms with Gasteiger partial charge in [0.2, 0.25) is 11.8 Å². The number of thioether (sulfide) groups is 1. The van der Waals surface area contributed by atoms with E-state index in [-0.39, 0.29) is 36.1 Å². The first-order valence-electron chi connectivity index (χ1n) is 13.2. The predicted octanol–water partition coefficient (Wildman–Crippen LogP) is 2.14. The Morgan fingerprint density at radius 3 is 2.43 bits per heavy atom. The van der Waals surface area contributed by atoms with E-state index >= 15 is 0 Å². The summed E-state index contributed by atoms with van der Waals surface area (Å²) >= 11 is 1.58. The molecule has 3 amide bonds. The van der Waals surface area contributed by atoms with Crippen molar-refractivity contribution in [3.8, 4) is 0 Å². The lowest BCUT2D eigenvalue weighted by atomic mass is 9.78. The molecule has 4 aliphatic heterocycles. The van der Waals surface area contributed by atoms with Crippen LogP contribution < -0.4 is 9.80 Å². The van der Waals surface area contributed by atoms with Gasteiger partial charge >= 0.3 is 0 Å². The van der Waals surface area contributed by atoms with Gasteiger partial charge < -0.3 is 24.7 Å². The molecular formula is C28H36N4O4S. The van der Waals surface area contributed by atoms with Crippen LogP contribution in [0.2, 0.25) is 0 Å². The minimum absolute atomic E-state index is 0.0468. The molecule has 0 saturated carbocycles. The van der Waals surface area contributed by atoms with E-state index in [1.165, 1.54) is 0 Å². The van der Waals surface area contributed by atoms with Crippen LogP contribution in [0.5, 0.6) is 0 Å². The maximum Gasteiger partial charge on any atom is 0.251 e. The van der Waals surface area contributed by atoms with Crippen LogP contribution in [0.15, 0.2) is 48.6 Å². The van der Waals surface area contributed by atoms with E-state index in [4.69, 9.17) is 0 Å². The van der Waals surface area contributed by atoms with Gasteiger partial charge in [-0.15, -0.1) is 11.8 Å². The van der Waals surface area contributed by atoms with E-state index in [1.54, 1.807) is 33.5 Å². The molecule has 1 aromatic carbocycles. The summed E-state index contributed by atoms with van der Waals surface area (Å²) in [7, 11) is 1.77. The first kappa shape index (κ1) is 25.9. The third kappa shape index (κ3) is 4.07. The zero-order valence-electron chi connectivity index (χ0n) is 21.7. The van der Waals surface area contributed by atoms with Crippen LogP contribution in [0.25, 0.3) is 0 Å². The van der Waals surface area contributed by atoms with Crippen molar-refractivity contribution < 1.29 is 19.5 Å². The summed E-state index contributed by atoms with van der Waals surface area (Å²) in [6.45, 7) is 7.16. The van der Waals surface area contributed by atoms with E-state index in [1.807, 2.05) is 48.6 Å². The summed E-state index contributed by atoms with van der Waals surface area (Å²) in [6, 6.07) is 7.27. The highest BCUT2D eigenvalue weighted by Crippen LogP contribution is 2.61. The fraction of sp³-hybridized carbons (Fsp3) is 0.536.